The highest BCUT2D eigenvalue weighted by atomic mass is 79.9. The Hall–Kier alpha value is -0.880. The first-order valence-electron chi connectivity index (χ1n) is 6.94. The van der Waals surface area contributed by atoms with Crippen LogP contribution >= 0.6 is 31.9 Å². The maximum absolute atomic E-state index is 12.5. The molecule has 1 aliphatic rings. The minimum atomic E-state index is -0.144. The predicted octanol–water partition coefficient (Wildman–Crippen LogP) is 3.63. The molecule has 4 nitrogen and oxygen atoms in total. The smallest absolute Gasteiger partial charge is 0.309 e. The minimum Gasteiger partial charge on any atom is -0.466 e. The van der Waals surface area contributed by atoms with Crippen LogP contribution in [0.15, 0.2) is 27.1 Å². The van der Waals surface area contributed by atoms with E-state index >= 15 is 0 Å². The molecule has 1 heterocycles. The number of halogens is 2. The van der Waals surface area contributed by atoms with Crippen LogP contribution in [0.25, 0.3) is 0 Å². The van der Waals surface area contributed by atoms with Crippen molar-refractivity contribution in [2.24, 2.45) is 5.92 Å². The van der Waals surface area contributed by atoms with Gasteiger partial charge in [-0.2, -0.15) is 0 Å². The molecule has 1 aromatic rings. The number of carbonyl (C=O) groups excluding carboxylic acids is 2. The molecule has 114 valence electrons. The van der Waals surface area contributed by atoms with Gasteiger partial charge in [0.25, 0.3) is 5.91 Å². The number of carbonyl (C=O) groups is 2. The number of ether oxygens (including phenoxy) is 1. The van der Waals surface area contributed by atoms with E-state index in [1.807, 2.05) is 19.1 Å². The van der Waals surface area contributed by atoms with E-state index in [1.165, 1.54) is 0 Å². The summed E-state index contributed by atoms with van der Waals surface area (Å²) in [6, 6.07) is 5.51. The number of likely N-dealkylation sites (tertiary alicyclic amines) is 1. The van der Waals surface area contributed by atoms with Gasteiger partial charge in [0, 0.05) is 22.0 Å². The third-order valence-electron chi connectivity index (χ3n) is 3.56. The lowest BCUT2D eigenvalue weighted by molar-refractivity contribution is -0.149. The van der Waals surface area contributed by atoms with Crippen molar-refractivity contribution in [2.45, 2.75) is 19.8 Å². The third kappa shape index (κ3) is 4.07. The Labute approximate surface area is 141 Å². The number of amides is 1. The maximum Gasteiger partial charge on any atom is 0.309 e. The summed E-state index contributed by atoms with van der Waals surface area (Å²) >= 11 is 6.79. The summed E-state index contributed by atoms with van der Waals surface area (Å²) in [5.41, 5.74) is 0.646. The average molecular weight is 419 g/mol. The first-order chi connectivity index (χ1) is 10.0. The van der Waals surface area contributed by atoms with Gasteiger partial charge in [0.15, 0.2) is 0 Å². The van der Waals surface area contributed by atoms with Gasteiger partial charge in [0.05, 0.1) is 18.1 Å². The van der Waals surface area contributed by atoms with Gasteiger partial charge >= 0.3 is 5.97 Å². The van der Waals surface area contributed by atoms with Crippen molar-refractivity contribution in [1.29, 1.82) is 0 Å². The predicted molar refractivity (Wildman–Crippen MR) is 87.1 cm³/mol. The summed E-state index contributed by atoms with van der Waals surface area (Å²) in [6.07, 6.45) is 1.33. The largest absolute Gasteiger partial charge is 0.466 e. The third-order valence-corrected chi connectivity index (χ3v) is 4.71. The van der Waals surface area contributed by atoms with E-state index in [4.69, 9.17) is 4.74 Å². The number of rotatable bonds is 3. The molecule has 0 aliphatic carbocycles. The van der Waals surface area contributed by atoms with E-state index in [1.54, 1.807) is 11.0 Å². The van der Waals surface area contributed by atoms with Crippen molar-refractivity contribution in [2.75, 3.05) is 19.7 Å². The monoisotopic (exact) mass is 417 g/mol. The first kappa shape index (κ1) is 16.5. The van der Waals surface area contributed by atoms with Crippen molar-refractivity contribution in [3.05, 3.63) is 32.7 Å². The zero-order chi connectivity index (χ0) is 15.4. The Morgan fingerprint density at radius 1 is 1.29 bits per heavy atom. The van der Waals surface area contributed by atoms with Crippen molar-refractivity contribution >= 4 is 43.7 Å². The van der Waals surface area contributed by atoms with Gasteiger partial charge in [-0.25, -0.2) is 0 Å². The molecule has 1 aromatic carbocycles. The summed E-state index contributed by atoms with van der Waals surface area (Å²) in [5.74, 6) is -0.228. The highest BCUT2D eigenvalue weighted by Gasteiger charge is 2.29. The molecular formula is C15H17Br2NO3. The normalized spacial score (nSPS) is 15.9. The zero-order valence-electron chi connectivity index (χ0n) is 11.8. The van der Waals surface area contributed by atoms with Gasteiger partial charge in [-0.15, -0.1) is 0 Å². The zero-order valence-corrected chi connectivity index (χ0v) is 14.9. The molecule has 0 atom stereocenters. The van der Waals surface area contributed by atoms with Crippen LogP contribution in [-0.2, 0) is 9.53 Å². The number of nitrogens with zero attached hydrogens (tertiary/aromatic N) is 1. The van der Waals surface area contributed by atoms with Crippen LogP contribution in [0.1, 0.15) is 30.1 Å². The summed E-state index contributed by atoms with van der Waals surface area (Å²) in [6.45, 7) is 3.39. The standard InChI is InChI=1S/C15H17Br2NO3/c1-2-21-15(20)10-5-7-18(8-6-10)14(19)12-4-3-11(16)9-13(12)17/h3-4,9-10H,2,5-8H2,1H3. The summed E-state index contributed by atoms with van der Waals surface area (Å²) < 4.78 is 6.73. The van der Waals surface area contributed by atoms with Gasteiger partial charge in [0.1, 0.15) is 0 Å². The molecule has 6 heteroatoms. The van der Waals surface area contributed by atoms with E-state index in [0.717, 1.165) is 8.95 Å². The highest BCUT2D eigenvalue weighted by molar-refractivity contribution is 9.11. The second-order valence-electron chi connectivity index (χ2n) is 4.94. The van der Waals surface area contributed by atoms with Crippen molar-refractivity contribution in [3.63, 3.8) is 0 Å². The number of hydrogen-bond donors (Lipinski definition) is 0. The van der Waals surface area contributed by atoms with Crippen LogP contribution in [0, 0.1) is 5.92 Å². The Kier molecular flexibility index (Phi) is 5.81. The molecule has 1 saturated heterocycles. The second kappa shape index (κ2) is 7.40. The van der Waals surface area contributed by atoms with Crippen molar-refractivity contribution in [1.82, 2.24) is 4.90 Å². The molecule has 1 fully saturated rings. The Bertz CT molecular complexity index is 540. The molecule has 1 amide bonds. The molecule has 0 bridgehead atoms. The fraction of sp³-hybridized carbons (Fsp3) is 0.467. The van der Waals surface area contributed by atoms with Crippen molar-refractivity contribution in [3.8, 4) is 0 Å². The van der Waals surface area contributed by atoms with Gasteiger partial charge in [-0.3, -0.25) is 9.59 Å². The Morgan fingerprint density at radius 2 is 1.95 bits per heavy atom. The number of esters is 1. The molecule has 0 aromatic heterocycles. The Balaban J connectivity index is 1.98. The summed E-state index contributed by atoms with van der Waals surface area (Å²) in [4.78, 5) is 26.0. The van der Waals surface area contributed by atoms with Crippen LogP contribution < -0.4 is 0 Å². The molecule has 2 rings (SSSR count). The molecule has 0 spiro atoms. The molecule has 0 radical (unpaired) electrons. The van der Waals surface area contributed by atoms with Gasteiger partial charge < -0.3 is 9.64 Å². The SMILES string of the molecule is CCOC(=O)C1CCN(C(=O)c2ccc(Br)cc2Br)CC1. The molecular weight excluding hydrogens is 402 g/mol. The Morgan fingerprint density at radius 3 is 2.52 bits per heavy atom. The second-order valence-corrected chi connectivity index (χ2v) is 6.71. The number of piperidine rings is 1. The van der Waals surface area contributed by atoms with Crippen LogP contribution in [0.3, 0.4) is 0 Å². The average Bonchev–Trinajstić information content (AvgIpc) is 2.47. The lowest BCUT2D eigenvalue weighted by Gasteiger charge is -2.31. The quantitative estimate of drug-likeness (QED) is 0.704. The number of benzene rings is 1. The molecule has 0 unspecified atom stereocenters. The van der Waals surface area contributed by atoms with Crippen LogP contribution in [0.5, 0.6) is 0 Å². The van der Waals surface area contributed by atoms with E-state index in [-0.39, 0.29) is 17.8 Å². The van der Waals surface area contributed by atoms with Crippen LogP contribution in [0.2, 0.25) is 0 Å². The fourth-order valence-corrected chi connectivity index (χ4v) is 3.63. The molecule has 21 heavy (non-hydrogen) atoms. The molecule has 0 N–H and O–H groups in total. The van der Waals surface area contributed by atoms with E-state index in [0.29, 0.717) is 38.1 Å². The highest BCUT2D eigenvalue weighted by Crippen LogP contribution is 2.25. The van der Waals surface area contributed by atoms with Gasteiger partial charge in [0.2, 0.25) is 0 Å². The number of hydrogen-bond acceptors (Lipinski definition) is 3. The lowest BCUT2D eigenvalue weighted by Crippen LogP contribution is -2.40. The minimum absolute atomic E-state index is 0.00307. The van der Waals surface area contributed by atoms with Gasteiger partial charge in [-0.1, -0.05) is 15.9 Å². The maximum atomic E-state index is 12.5. The molecule has 0 saturated carbocycles. The van der Waals surface area contributed by atoms with Crippen molar-refractivity contribution < 1.29 is 14.3 Å². The van der Waals surface area contributed by atoms with Crippen LogP contribution in [-0.4, -0.2) is 36.5 Å². The van der Waals surface area contributed by atoms with Crippen LogP contribution in [0.4, 0.5) is 0 Å². The topological polar surface area (TPSA) is 46.6 Å². The summed E-state index contributed by atoms with van der Waals surface area (Å²) in [5, 5.41) is 0. The fourth-order valence-electron chi connectivity index (χ4n) is 2.41. The molecule has 1 aliphatic heterocycles. The first-order valence-corrected chi connectivity index (χ1v) is 8.52. The van der Waals surface area contributed by atoms with E-state index in [9.17, 15) is 9.59 Å². The van der Waals surface area contributed by atoms with Gasteiger partial charge in [-0.05, 0) is 53.9 Å². The van der Waals surface area contributed by atoms with E-state index < -0.39 is 0 Å². The summed E-state index contributed by atoms with van der Waals surface area (Å²) in [7, 11) is 0. The lowest BCUT2D eigenvalue weighted by atomic mass is 9.96. The van der Waals surface area contributed by atoms with E-state index in [2.05, 4.69) is 31.9 Å².